The van der Waals surface area contributed by atoms with Gasteiger partial charge in [-0.15, -0.1) is 0 Å². The van der Waals surface area contributed by atoms with Crippen LogP contribution in [0.2, 0.25) is 0 Å². The van der Waals surface area contributed by atoms with Crippen molar-refractivity contribution in [3.63, 3.8) is 0 Å². The molecule has 4 aliphatic carbocycles. The Bertz CT molecular complexity index is 1350. The van der Waals surface area contributed by atoms with Crippen molar-refractivity contribution < 1.29 is 19.8 Å². The van der Waals surface area contributed by atoms with E-state index in [2.05, 4.69) is 11.9 Å². The predicted octanol–water partition coefficient (Wildman–Crippen LogP) is 5.15. The van der Waals surface area contributed by atoms with Crippen LogP contribution in [-0.2, 0) is 9.59 Å². The van der Waals surface area contributed by atoms with E-state index in [9.17, 15) is 19.8 Å². The van der Waals surface area contributed by atoms with Crippen LogP contribution in [0.3, 0.4) is 0 Å². The summed E-state index contributed by atoms with van der Waals surface area (Å²) in [5.41, 5.74) is -0.557. The standard InChI is InChI=1S/C31H35NO4S/c1-18-14-23-22-10-9-20-15-21(33)12-13-29(20,2)28(22)25(34)16-30(23,3)31(18,36)26(35)17-37-27-11-8-19-6-4-5-7-24(19)32-27/h4-8,11-13,15,18,22-23,25,28,34,36H,9-10,14,16-17H2,1-3H3/t18-,22+,23+,25+,28-,29+,30+,31+/m1/s1. The van der Waals surface area contributed by atoms with Gasteiger partial charge >= 0.3 is 0 Å². The molecular formula is C31H35NO4S. The molecule has 0 amide bonds. The predicted molar refractivity (Wildman–Crippen MR) is 145 cm³/mol. The minimum atomic E-state index is -1.50. The molecule has 0 saturated heterocycles. The molecule has 37 heavy (non-hydrogen) atoms. The third-order valence-electron chi connectivity index (χ3n) is 10.4. The highest BCUT2D eigenvalue weighted by atomic mass is 32.2. The Morgan fingerprint density at radius 3 is 2.78 bits per heavy atom. The molecule has 1 aromatic heterocycles. The average Bonchev–Trinajstić information content (AvgIpc) is 3.08. The fourth-order valence-corrected chi connectivity index (χ4v) is 9.46. The first kappa shape index (κ1) is 25.0. The molecule has 0 spiro atoms. The summed E-state index contributed by atoms with van der Waals surface area (Å²) in [5, 5.41) is 25.6. The number of nitrogens with zero attached hydrogens (tertiary/aromatic N) is 1. The first-order valence-corrected chi connectivity index (χ1v) is 14.4. The number of benzene rings is 1. The quantitative estimate of drug-likeness (QED) is 0.546. The lowest BCUT2D eigenvalue weighted by Gasteiger charge is -2.59. The summed E-state index contributed by atoms with van der Waals surface area (Å²) in [5.74, 6) is 0.116. The summed E-state index contributed by atoms with van der Waals surface area (Å²) in [6.07, 6.45) is 7.58. The second-order valence-electron chi connectivity index (χ2n) is 12.2. The number of aliphatic hydroxyl groups is 2. The van der Waals surface area contributed by atoms with Gasteiger partial charge in [0.25, 0.3) is 0 Å². The topological polar surface area (TPSA) is 87.5 Å². The van der Waals surface area contributed by atoms with Gasteiger partial charge in [0.1, 0.15) is 5.60 Å². The molecule has 4 aliphatic rings. The molecular weight excluding hydrogens is 482 g/mol. The van der Waals surface area contributed by atoms with Crippen LogP contribution >= 0.6 is 11.8 Å². The second kappa shape index (κ2) is 8.62. The number of carbonyl (C=O) groups is 2. The van der Waals surface area contributed by atoms with Gasteiger partial charge in [0, 0.05) is 22.1 Å². The molecule has 8 atom stereocenters. The van der Waals surface area contributed by atoms with Crippen LogP contribution in [-0.4, -0.2) is 44.2 Å². The molecule has 0 radical (unpaired) electrons. The van der Waals surface area contributed by atoms with Crippen molar-refractivity contribution in [2.24, 2.45) is 34.5 Å². The number of Topliss-reactive ketones (excluding diaryl/α,β-unsaturated/α-hetero) is 1. The fourth-order valence-electron chi connectivity index (χ4n) is 8.63. The molecule has 0 aliphatic heterocycles. The Hall–Kier alpha value is -2.28. The van der Waals surface area contributed by atoms with Gasteiger partial charge in [-0.05, 0) is 67.7 Å². The van der Waals surface area contributed by atoms with Crippen molar-refractivity contribution in [2.75, 3.05) is 5.75 Å². The van der Waals surface area contributed by atoms with Gasteiger partial charge in [-0.25, -0.2) is 4.98 Å². The lowest BCUT2D eigenvalue weighted by atomic mass is 9.46. The highest BCUT2D eigenvalue weighted by Gasteiger charge is 2.70. The Balaban J connectivity index is 1.27. The number of hydrogen-bond acceptors (Lipinski definition) is 6. The number of carbonyl (C=O) groups excluding carboxylic acids is 2. The minimum Gasteiger partial charge on any atom is -0.393 e. The number of rotatable bonds is 4. The van der Waals surface area contributed by atoms with Gasteiger partial charge in [-0.3, -0.25) is 9.59 Å². The van der Waals surface area contributed by atoms with Crippen LogP contribution in [0.25, 0.3) is 10.9 Å². The summed E-state index contributed by atoms with van der Waals surface area (Å²) < 4.78 is 0. The Morgan fingerprint density at radius 1 is 1.19 bits per heavy atom. The largest absolute Gasteiger partial charge is 0.393 e. The summed E-state index contributed by atoms with van der Waals surface area (Å²) in [4.78, 5) is 30.6. The van der Waals surface area contributed by atoms with E-state index in [-0.39, 0.29) is 46.4 Å². The number of aliphatic hydroxyl groups excluding tert-OH is 1. The van der Waals surface area contributed by atoms with Crippen LogP contribution in [0.15, 0.2) is 65.2 Å². The second-order valence-corrected chi connectivity index (χ2v) is 13.2. The van der Waals surface area contributed by atoms with E-state index in [1.54, 1.807) is 12.2 Å². The minimum absolute atomic E-state index is 0.0178. The van der Waals surface area contributed by atoms with Crippen LogP contribution in [0.5, 0.6) is 0 Å². The van der Waals surface area contributed by atoms with E-state index >= 15 is 0 Å². The molecule has 1 heterocycles. The van der Waals surface area contributed by atoms with Crippen LogP contribution in [0.1, 0.15) is 46.5 Å². The first-order valence-electron chi connectivity index (χ1n) is 13.4. The number of fused-ring (bicyclic) bond motifs is 6. The molecule has 2 N–H and O–H groups in total. The number of hydrogen-bond donors (Lipinski definition) is 2. The number of para-hydroxylation sites is 1. The van der Waals surface area contributed by atoms with E-state index in [1.165, 1.54) is 11.8 Å². The molecule has 194 valence electrons. The Labute approximate surface area is 222 Å². The molecule has 0 bridgehead atoms. The van der Waals surface area contributed by atoms with Crippen molar-refractivity contribution in [2.45, 2.75) is 63.2 Å². The van der Waals surface area contributed by atoms with Crippen molar-refractivity contribution in [3.05, 3.63) is 60.2 Å². The molecule has 3 fully saturated rings. The van der Waals surface area contributed by atoms with Crippen LogP contribution in [0.4, 0.5) is 0 Å². The SMILES string of the molecule is C[C@@H]1C[C@H]2[C@@H]3CCC4=CC(=O)C=C[C@]4(C)[C@H]3[C@@H](O)C[C@]2(C)[C@@]1(O)C(=O)CSc1ccc2ccccc2n1. The average molecular weight is 518 g/mol. The lowest BCUT2D eigenvalue weighted by Crippen LogP contribution is -2.62. The molecule has 3 saturated carbocycles. The van der Waals surface area contributed by atoms with E-state index in [4.69, 9.17) is 0 Å². The maximum absolute atomic E-state index is 13.8. The van der Waals surface area contributed by atoms with Gasteiger partial charge in [0.05, 0.1) is 22.4 Å². The molecule has 5 nitrogen and oxygen atoms in total. The van der Waals surface area contributed by atoms with E-state index in [1.807, 2.05) is 56.3 Å². The highest BCUT2D eigenvalue weighted by Crippen LogP contribution is 2.68. The monoisotopic (exact) mass is 517 g/mol. The van der Waals surface area contributed by atoms with Gasteiger partial charge in [0.15, 0.2) is 11.6 Å². The van der Waals surface area contributed by atoms with Gasteiger partial charge in [0.2, 0.25) is 0 Å². The number of aromatic nitrogens is 1. The van der Waals surface area contributed by atoms with E-state index < -0.39 is 17.1 Å². The number of ketones is 2. The first-order chi connectivity index (χ1) is 17.6. The Morgan fingerprint density at radius 2 is 1.97 bits per heavy atom. The maximum Gasteiger partial charge on any atom is 0.178 e. The number of allylic oxidation sites excluding steroid dienone is 4. The van der Waals surface area contributed by atoms with E-state index in [0.29, 0.717) is 6.42 Å². The van der Waals surface area contributed by atoms with Crippen molar-refractivity contribution >= 4 is 34.2 Å². The third-order valence-corrected chi connectivity index (χ3v) is 11.4. The zero-order valence-electron chi connectivity index (χ0n) is 21.7. The van der Waals surface area contributed by atoms with Crippen molar-refractivity contribution in [1.29, 1.82) is 0 Å². The molecule has 0 unspecified atom stereocenters. The molecule has 6 heteroatoms. The number of pyridine rings is 1. The zero-order chi connectivity index (χ0) is 26.2. The normalized spacial score (nSPS) is 40.6. The summed E-state index contributed by atoms with van der Waals surface area (Å²) in [6, 6.07) is 11.8. The third kappa shape index (κ3) is 3.55. The summed E-state index contributed by atoms with van der Waals surface area (Å²) in [7, 11) is 0. The fraction of sp³-hybridized carbons (Fsp3) is 0.516. The molecule has 1 aromatic carbocycles. The maximum atomic E-state index is 13.8. The Kier molecular flexibility index (Phi) is 5.83. The van der Waals surface area contributed by atoms with Gasteiger partial charge < -0.3 is 10.2 Å². The van der Waals surface area contributed by atoms with Crippen molar-refractivity contribution in [3.8, 4) is 0 Å². The summed E-state index contributed by atoms with van der Waals surface area (Å²) in [6.45, 7) is 6.18. The lowest BCUT2D eigenvalue weighted by molar-refractivity contribution is -0.179. The number of thioether (sulfide) groups is 1. The molecule has 2 aromatic rings. The van der Waals surface area contributed by atoms with Gasteiger partial charge in [-0.1, -0.05) is 68.4 Å². The highest BCUT2D eigenvalue weighted by molar-refractivity contribution is 7.99. The van der Waals surface area contributed by atoms with Crippen LogP contribution < -0.4 is 0 Å². The molecule has 6 rings (SSSR count). The smallest absolute Gasteiger partial charge is 0.178 e. The van der Waals surface area contributed by atoms with Crippen LogP contribution in [0, 0.1) is 34.5 Å². The van der Waals surface area contributed by atoms with Crippen molar-refractivity contribution in [1.82, 2.24) is 4.98 Å². The van der Waals surface area contributed by atoms with Gasteiger partial charge in [-0.2, -0.15) is 0 Å². The summed E-state index contributed by atoms with van der Waals surface area (Å²) >= 11 is 1.38. The van der Waals surface area contributed by atoms with E-state index in [0.717, 1.165) is 40.8 Å². The zero-order valence-corrected chi connectivity index (χ0v) is 22.5.